The third kappa shape index (κ3) is 2.60. The fourth-order valence-electron chi connectivity index (χ4n) is 3.45. The van der Waals surface area contributed by atoms with Gasteiger partial charge in [-0.2, -0.15) is 4.98 Å². The quantitative estimate of drug-likeness (QED) is 0.912. The summed E-state index contributed by atoms with van der Waals surface area (Å²) >= 11 is 0. The van der Waals surface area contributed by atoms with Crippen LogP contribution in [0.1, 0.15) is 54.6 Å². The van der Waals surface area contributed by atoms with Gasteiger partial charge in [-0.1, -0.05) is 42.1 Å². The van der Waals surface area contributed by atoms with Gasteiger partial charge in [-0.05, 0) is 44.7 Å². The second-order valence-electron chi connectivity index (χ2n) is 6.41. The summed E-state index contributed by atoms with van der Waals surface area (Å²) in [4.78, 5) is 4.62. The number of aryl methyl sites for hydroxylation is 3. The first-order valence-corrected chi connectivity index (χ1v) is 7.71. The third-order valence-electron chi connectivity index (χ3n) is 4.51. The lowest BCUT2D eigenvalue weighted by molar-refractivity contribution is 0.275. The molecule has 0 aliphatic heterocycles. The van der Waals surface area contributed by atoms with Gasteiger partial charge in [-0.15, -0.1) is 0 Å². The lowest BCUT2D eigenvalue weighted by Crippen LogP contribution is -2.39. The van der Waals surface area contributed by atoms with E-state index in [9.17, 15) is 0 Å². The molecule has 0 amide bonds. The first-order chi connectivity index (χ1) is 9.99. The maximum atomic E-state index is 6.49. The van der Waals surface area contributed by atoms with E-state index in [0.29, 0.717) is 11.7 Å². The largest absolute Gasteiger partial charge is 0.334 e. The normalized spacial score (nSPS) is 17.9. The molecule has 4 nitrogen and oxygen atoms in total. The van der Waals surface area contributed by atoms with Gasteiger partial charge in [0, 0.05) is 5.56 Å². The Balaban J connectivity index is 1.99. The van der Waals surface area contributed by atoms with Crippen LogP contribution in [0.2, 0.25) is 0 Å². The predicted octanol–water partition coefficient (Wildman–Crippen LogP) is 3.78. The van der Waals surface area contributed by atoms with E-state index < -0.39 is 5.54 Å². The third-order valence-corrected chi connectivity index (χ3v) is 4.51. The van der Waals surface area contributed by atoms with Gasteiger partial charge in [0.05, 0.1) is 5.54 Å². The average molecular weight is 285 g/mol. The van der Waals surface area contributed by atoms with Crippen LogP contribution < -0.4 is 5.73 Å². The standard InChI is InChI=1S/C17H23N3O/c1-11-9-12(2)14(13(3)10-11)15-19-16(20-21-15)17(18)7-5-4-6-8-17/h9-10H,4-8,18H2,1-3H3. The molecule has 2 N–H and O–H groups in total. The Labute approximate surface area is 125 Å². The molecule has 1 fully saturated rings. The SMILES string of the molecule is Cc1cc(C)c(-c2nc(C3(N)CCCCC3)no2)c(C)c1. The molecule has 1 aromatic heterocycles. The molecule has 112 valence electrons. The molecular weight excluding hydrogens is 262 g/mol. The maximum absolute atomic E-state index is 6.49. The zero-order valence-corrected chi connectivity index (χ0v) is 13.1. The van der Waals surface area contributed by atoms with E-state index in [1.165, 1.54) is 12.0 Å². The van der Waals surface area contributed by atoms with Crippen molar-refractivity contribution in [2.75, 3.05) is 0 Å². The number of hydrogen-bond acceptors (Lipinski definition) is 4. The average Bonchev–Trinajstić information content (AvgIpc) is 2.88. The molecule has 0 spiro atoms. The van der Waals surface area contributed by atoms with Gasteiger partial charge in [0.15, 0.2) is 5.82 Å². The molecule has 0 saturated heterocycles. The molecular formula is C17H23N3O. The summed E-state index contributed by atoms with van der Waals surface area (Å²) in [5, 5.41) is 4.18. The van der Waals surface area contributed by atoms with Crippen LogP contribution >= 0.6 is 0 Å². The minimum absolute atomic E-state index is 0.410. The van der Waals surface area contributed by atoms with Crippen LogP contribution in [0.25, 0.3) is 11.5 Å². The minimum Gasteiger partial charge on any atom is -0.334 e. The number of rotatable bonds is 2. The van der Waals surface area contributed by atoms with Crippen molar-refractivity contribution in [2.24, 2.45) is 5.73 Å². The zero-order valence-electron chi connectivity index (χ0n) is 13.1. The molecule has 1 heterocycles. The monoisotopic (exact) mass is 285 g/mol. The van der Waals surface area contributed by atoms with Crippen molar-refractivity contribution >= 4 is 0 Å². The van der Waals surface area contributed by atoms with Crippen LogP contribution in [-0.2, 0) is 5.54 Å². The molecule has 0 atom stereocenters. The predicted molar refractivity (Wildman–Crippen MR) is 82.9 cm³/mol. The zero-order chi connectivity index (χ0) is 15.0. The molecule has 2 aromatic rings. The molecule has 1 aliphatic carbocycles. The van der Waals surface area contributed by atoms with Gasteiger partial charge in [0.1, 0.15) is 0 Å². The Kier molecular flexibility index (Phi) is 3.57. The van der Waals surface area contributed by atoms with Crippen LogP contribution in [0.4, 0.5) is 0 Å². The summed E-state index contributed by atoms with van der Waals surface area (Å²) in [6.45, 7) is 6.26. The van der Waals surface area contributed by atoms with E-state index in [4.69, 9.17) is 10.3 Å². The maximum Gasteiger partial charge on any atom is 0.258 e. The van der Waals surface area contributed by atoms with Crippen molar-refractivity contribution in [2.45, 2.75) is 58.4 Å². The highest BCUT2D eigenvalue weighted by atomic mass is 16.5. The minimum atomic E-state index is -0.410. The van der Waals surface area contributed by atoms with E-state index in [1.54, 1.807) is 0 Å². The molecule has 0 unspecified atom stereocenters. The topological polar surface area (TPSA) is 64.9 Å². The number of nitrogens with two attached hydrogens (primary N) is 1. The Morgan fingerprint density at radius 3 is 2.29 bits per heavy atom. The first kappa shape index (κ1) is 14.3. The highest BCUT2D eigenvalue weighted by Gasteiger charge is 2.34. The molecule has 4 heteroatoms. The summed E-state index contributed by atoms with van der Waals surface area (Å²) in [7, 11) is 0. The summed E-state index contributed by atoms with van der Waals surface area (Å²) in [5.41, 5.74) is 10.7. The summed E-state index contributed by atoms with van der Waals surface area (Å²) in [6.07, 6.45) is 5.42. The van der Waals surface area contributed by atoms with Crippen LogP contribution in [0.5, 0.6) is 0 Å². The van der Waals surface area contributed by atoms with E-state index in [1.807, 2.05) is 0 Å². The molecule has 21 heavy (non-hydrogen) atoms. The molecule has 3 rings (SSSR count). The van der Waals surface area contributed by atoms with Crippen LogP contribution in [0.3, 0.4) is 0 Å². The lowest BCUT2D eigenvalue weighted by atomic mass is 9.82. The van der Waals surface area contributed by atoms with Gasteiger partial charge in [-0.25, -0.2) is 0 Å². The molecule has 0 radical (unpaired) electrons. The summed E-state index contributed by atoms with van der Waals surface area (Å²) in [6, 6.07) is 4.29. The fourth-order valence-corrected chi connectivity index (χ4v) is 3.45. The van der Waals surface area contributed by atoms with Crippen LogP contribution in [0.15, 0.2) is 16.7 Å². The fraction of sp³-hybridized carbons (Fsp3) is 0.529. The van der Waals surface area contributed by atoms with Gasteiger partial charge in [0.25, 0.3) is 5.89 Å². The second kappa shape index (κ2) is 5.26. The van der Waals surface area contributed by atoms with Gasteiger partial charge >= 0.3 is 0 Å². The highest BCUT2D eigenvalue weighted by molar-refractivity contribution is 5.63. The number of hydrogen-bond donors (Lipinski definition) is 1. The van der Waals surface area contributed by atoms with E-state index >= 15 is 0 Å². The van der Waals surface area contributed by atoms with Crippen molar-refractivity contribution in [3.05, 3.63) is 34.6 Å². The van der Waals surface area contributed by atoms with E-state index in [2.05, 4.69) is 43.0 Å². The lowest BCUT2D eigenvalue weighted by Gasteiger charge is -2.29. The van der Waals surface area contributed by atoms with Crippen molar-refractivity contribution in [1.82, 2.24) is 10.1 Å². The Hall–Kier alpha value is -1.68. The number of nitrogens with zero attached hydrogens (tertiary/aromatic N) is 2. The number of benzene rings is 1. The molecule has 1 aromatic carbocycles. The molecule has 1 aliphatic rings. The van der Waals surface area contributed by atoms with Gasteiger partial charge in [0.2, 0.25) is 0 Å². The van der Waals surface area contributed by atoms with E-state index in [0.717, 1.165) is 42.4 Å². The van der Waals surface area contributed by atoms with Gasteiger partial charge < -0.3 is 10.3 Å². The molecule has 0 bridgehead atoms. The smallest absolute Gasteiger partial charge is 0.258 e. The summed E-state index contributed by atoms with van der Waals surface area (Å²) < 4.78 is 5.53. The Bertz CT molecular complexity index is 631. The van der Waals surface area contributed by atoms with Crippen molar-refractivity contribution in [1.29, 1.82) is 0 Å². The van der Waals surface area contributed by atoms with Crippen LogP contribution in [-0.4, -0.2) is 10.1 Å². The van der Waals surface area contributed by atoms with E-state index in [-0.39, 0.29) is 0 Å². The number of aromatic nitrogens is 2. The van der Waals surface area contributed by atoms with Crippen molar-refractivity contribution in [3.63, 3.8) is 0 Å². The van der Waals surface area contributed by atoms with Crippen LogP contribution in [0, 0.1) is 20.8 Å². The Morgan fingerprint density at radius 2 is 1.67 bits per heavy atom. The Morgan fingerprint density at radius 1 is 1.05 bits per heavy atom. The first-order valence-electron chi connectivity index (χ1n) is 7.71. The van der Waals surface area contributed by atoms with Crippen molar-refractivity contribution in [3.8, 4) is 11.5 Å². The second-order valence-corrected chi connectivity index (χ2v) is 6.41. The van der Waals surface area contributed by atoms with Crippen molar-refractivity contribution < 1.29 is 4.52 Å². The molecule has 1 saturated carbocycles. The highest BCUT2D eigenvalue weighted by Crippen LogP contribution is 2.35. The van der Waals surface area contributed by atoms with Gasteiger partial charge in [-0.3, -0.25) is 0 Å². The summed E-state index contributed by atoms with van der Waals surface area (Å²) in [5.74, 6) is 1.26.